The summed E-state index contributed by atoms with van der Waals surface area (Å²) in [6.45, 7) is 6.47. The molecule has 1 atom stereocenters. The number of carbonyl (C=O) groups excluding carboxylic acids is 1. The number of amides is 1. The molecular formula is C14H24N4O4. The Bertz CT molecular complexity index is 477. The van der Waals surface area contributed by atoms with Crippen LogP contribution >= 0.6 is 0 Å². The van der Waals surface area contributed by atoms with Crippen molar-refractivity contribution in [3.05, 3.63) is 11.9 Å². The van der Waals surface area contributed by atoms with Crippen molar-refractivity contribution in [1.82, 2.24) is 19.9 Å². The predicted molar refractivity (Wildman–Crippen MR) is 78.1 cm³/mol. The Morgan fingerprint density at radius 1 is 1.59 bits per heavy atom. The largest absolute Gasteiger partial charge is 0.449 e. The van der Waals surface area contributed by atoms with Crippen LogP contribution in [0.3, 0.4) is 0 Å². The first-order valence-corrected chi connectivity index (χ1v) is 7.61. The van der Waals surface area contributed by atoms with E-state index in [1.807, 2.05) is 0 Å². The van der Waals surface area contributed by atoms with Gasteiger partial charge in [0.15, 0.2) is 0 Å². The molecule has 1 aliphatic rings. The molecule has 0 bridgehead atoms. The van der Waals surface area contributed by atoms with E-state index in [-0.39, 0.29) is 18.8 Å². The highest BCUT2D eigenvalue weighted by Gasteiger charge is 2.25. The molecule has 8 nitrogen and oxygen atoms in total. The molecule has 0 saturated carbocycles. The van der Waals surface area contributed by atoms with Gasteiger partial charge in [-0.25, -0.2) is 9.48 Å². The van der Waals surface area contributed by atoms with Crippen molar-refractivity contribution in [2.24, 2.45) is 5.92 Å². The van der Waals surface area contributed by atoms with Crippen LogP contribution in [0.15, 0.2) is 6.20 Å². The van der Waals surface area contributed by atoms with Crippen molar-refractivity contribution in [2.75, 3.05) is 26.3 Å². The van der Waals surface area contributed by atoms with E-state index < -0.39 is 0 Å². The summed E-state index contributed by atoms with van der Waals surface area (Å²) in [5, 5.41) is 16.7. The lowest BCUT2D eigenvalue weighted by molar-refractivity contribution is -0.0359. The van der Waals surface area contributed by atoms with Gasteiger partial charge in [0, 0.05) is 6.54 Å². The van der Waals surface area contributed by atoms with E-state index in [2.05, 4.69) is 24.2 Å². The summed E-state index contributed by atoms with van der Waals surface area (Å²) < 4.78 is 12.5. The first kappa shape index (κ1) is 16.7. The van der Waals surface area contributed by atoms with Gasteiger partial charge in [0.1, 0.15) is 5.69 Å². The van der Waals surface area contributed by atoms with Crippen LogP contribution in [0.4, 0.5) is 4.79 Å². The standard InChI is InChI=1S/C14H24N4O4/c1-11(2)3-5-22-14(20)17-4-6-21-13(8-17)9-18-7-12(10-19)15-16-18/h7,11,13,19H,3-6,8-10H2,1-2H3. The van der Waals surface area contributed by atoms with Crippen molar-refractivity contribution >= 4 is 6.09 Å². The van der Waals surface area contributed by atoms with Crippen LogP contribution in [-0.4, -0.2) is 63.5 Å². The molecule has 1 fully saturated rings. The average Bonchev–Trinajstić information content (AvgIpc) is 2.94. The Hall–Kier alpha value is -1.67. The number of aliphatic hydroxyl groups excluding tert-OH is 1. The second kappa shape index (κ2) is 8.09. The maximum atomic E-state index is 12.0. The van der Waals surface area contributed by atoms with Crippen molar-refractivity contribution in [1.29, 1.82) is 0 Å². The van der Waals surface area contributed by atoms with Crippen LogP contribution in [0.5, 0.6) is 0 Å². The highest BCUT2D eigenvalue weighted by Crippen LogP contribution is 2.10. The quantitative estimate of drug-likeness (QED) is 0.829. The molecule has 1 N–H and O–H groups in total. The summed E-state index contributed by atoms with van der Waals surface area (Å²) in [7, 11) is 0. The number of nitrogens with zero attached hydrogens (tertiary/aromatic N) is 4. The zero-order valence-electron chi connectivity index (χ0n) is 13.1. The fraction of sp³-hybridized carbons (Fsp3) is 0.786. The molecule has 0 aliphatic carbocycles. The lowest BCUT2D eigenvalue weighted by Gasteiger charge is -2.32. The second-order valence-electron chi connectivity index (χ2n) is 5.83. The minimum Gasteiger partial charge on any atom is -0.449 e. The van der Waals surface area contributed by atoms with Crippen molar-refractivity contribution in [2.45, 2.75) is 39.5 Å². The van der Waals surface area contributed by atoms with Gasteiger partial charge in [-0.15, -0.1) is 5.10 Å². The first-order valence-electron chi connectivity index (χ1n) is 7.61. The van der Waals surface area contributed by atoms with Gasteiger partial charge in [0.2, 0.25) is 0 Å². The van der Waals surface area contributed by atoms with Gasteiger partial charge in [-0.1, -0.05) is 19.1 Å². The predicted octanol–water partition coefficient (Wildman–Crippen LogP) is 0.654. The Labute approximate surface area is 130 Å². The summed E-state index contributed by atoms with van der Waals surface area (Å²) in [6.07, 6.45) is 2.09. The molecule has 1 aromatic rings. The maximum Gasteiger partial charge on any atom is 0.409 e. The molecule has 1 amide bonds. The second-order valence-corrected chi connectivity index (χ2v) is 5.83. The van der Waals surface area contributed by atoms with E-state index in [0.717, 1.165) is 6.42 Å². The van der Waals surface area contributed by atoms with Crippen molar-refractivity contribution < 1.29 is 19.4 Å². The third-order valence-corrected chi connectivity index (χ3v) is 3.46. The van der Waals surface area contributed by atoms with Crippen LogP contribution in [0.1, 0.15) is 26.0 Å². The van der Waals surface area contributed by atoms with E-state index >= 15 is 0 Å². The molecule has 0 radical (unpaired) electrons. The summed E-state index contributed by atoms with van der Waals surface area (Å²) in [5.41, 5.74) is 0.515. The fourth-order valence-corrected chi connectivity index (χ4v) is 2.18. The summed E-state index contributed by atoms with van der Waals surface area (Å²) in [5.74, 6) is 0.512. The fourth-order valence-electron chi connectivity index (χ4n) is 2.18. The molecule has 22 heavy (non-hydrogen) atoms. The van der Waals surface area contributed by atoms with Crippen LogP contribution in [-0.2, 0) is 22.6 Å². The van der Waals surface area contributed by atoms with E-state index in [1.165, 1.54) is 0 Å². The van der Waals surface area contributed by atoms with Gasteiger partial charge in [-0.2, -0.15) is 0 Å². The van der Waals surface area contributed by atoms with E-state index in [9.17, 15) is 4.79 Å². The van der Waals surface area contributed by atoms with Gasteiger partial charge in [0.05, 0.1) is 45.2 Å². The van der Waals surface area contributed by atoms with Gasteiger partial charge in [0.25, 0.3) is 0 Å². The van der Waals surface area contributed by atoms with Crippen LogP contribution in [0.25, 0.3) is 0 Å². The highest BCUT2D eigenvalue weighted by atomic mass is 16.6. The van der Waals surface area contributed by atoms with Crippen LogP contribution < -0.4 is 0 Å². The first-order chi connectivity index (χ1) is 10.6. The molecule has 8 heteroatoms. The number of hydrogen-bond acceptors (Lipinski definition) is 6. The molecular weight excluding hydrogens is 288 g/mol. The maximum absolute atomic E-state index is 12.0. The van der Waals surface area contributed by atoms with Crippen LogP contribution in [0.2, 0.25) is 0 Å². The molecule has 124 valence electrons. The molecule has 2 rings (SSSR count). The van der Waals surface area contributed by atoms with Gasteiger partial charge >= 0.3 is 6.09 Å². The lowest BCUT2D eigenvalue weighted by Crippen LogP contribution is -2.47. The Morgan fingerprint density at radius 3 is 3.09 bits per heavy atom. The van der Waals surface area contributed by atoms with E-state index in [1.54, 1.807) is 15.8 Å². The normalized spacial score (nSPS) is 18.7. The number of hydrogen-bond donors (Lipinski definition) is 1. The molecule has 1 unspecified atom stereocenters. The minimum atomic E-state index is -0.288. The number of morpholine rings is 1. The smallest absolute Gasteiger partial charge is 0.409 e. The average molecular weight is 312 g/mol. The topological polar surface area (TPSA) is 89.7 Å². The van der Waals surface area contributed by atoms with Gasteiger partial charge in [-0.05, 0) is 12.3 Å². The zero-order chi connectivity index (χ0) is 15.9. The number of aromatic nitrogens is 3. The number of aliphatic hydroxyl groups is 1. The lowest BCUT2D eigenvalue weighted by atomic mass is 10.1. The van der Waals surface area contributed by atoms with Crippen molar-refractivity contribution in [3.8, 4) is 0 Å². The SMILES string of the molecule is CC(C)CCOC(=O)N1CCOC(Cn2cc(CO)nn2)C1. The van der Waals surface area contributed by atoms with E-state index in [4.69, 9.17) is 14.6 Å². The summed E-state index contributed by atoms with van der Waals surface area (Å²) in [6, 6.07) is 0. The minimum absolute atomic E-state index is 0.139. The van der Waals surface area contributed by atoms with Gasteiger partial charge in [-0.3, -0.25) is 0 Å². The van der Waals surface area contributed by atoms with Gasteiger partial charge < -0.3 is 19.5 Å². The molecule has 1 aliphatic heterocycles. The molecule has 0 aromatic carbocycles. The highest BCUT2D eigenvalue weighted by molar-refractivity contribution is 5.67. The molecule has 1 aromatic heterocycles. The van der Waals surface area contributed by atoms with Crippen LogP contribution in [0, 0.1) is 5.92 Å². The summed E-state index contributed by atoms with van der Waals surface area (Å²) >= 11 is 0. The number of ether oxygens (including phenoxy) is 2. The Morgan fingerprint density at radius 2 is 2.41 bits per heavy atom. The van der Waals surface area contributed by atoms with Crippen molar-refractivity contribution in [3.63, 3.8) is 0 Å². The Balaban J connectivity index is 1.79. The molecule has 0 spiro atoms. The zero-order valence-corrected chi connectivity index (χ0v) is 13.1. The number of carbonyl (C=O) groups is 1. The molecule has 2 heterocycles. The monoisotopic (exact) mass is 312 g/mol. The third-order valence-electron chi connectivity index (χ3n) is 3.46. The third kappa shape index (κ3) is 4.96. The molecule has 1 saturated heterocycles. The number of rotatable bonds is 6. The Kier molecular flexibility index (Phi) is 6.14. The van der Waals surface area contributed by atoms with E-state index in [0.29, 0.717) is 44.5 Å². The summed E-state index contributed by atoms with van der Waals surface area (Å²) in [4.78, 5) is 13.7.